The van der Waals surface area contributed by atoms with Crippen LogP contribution >= 0.6 is 0 Å². The van der Waals surface area contributed by atoms with Crippen molar-refractivity contribution in [3.05, 3.63) is 42.1 Å². The van der Waals surface area contributed by atoms with Gasteiger partial charge in [-0.3, -0.25) is 9.88 Å². The van der Waals surface area contributed by atoms with E-state index >= 15 is 0 Å². The Kier molecular flexibility index (Phi) is 4.09. The summed E-state index contributed by atoms with van der Waals surface area (Å²) in [6.07, 6.45) is 7.00. The number of rotatable bonds is 3. The maximum absolute atomic E-state index is 5.53. The molecule has 1 aromatic carbocycles. The van der Waals surface area contributed by atoms with Crippen LogP contribution in [0.1, 0.15) is 24.8 Å². The van der Waals surface area contributed by atoms with Gasteiger partial charge in [0.25, 0.3) is 0 Å². The Morgan fingerprint density at radius 2 is 1.95 bits per heavy atom. The fourth-order valence-corrected chi connectivity index (χ4v) is 3.98. The van der Waals surface area contributed by atoms with E-state index in [1.165, 1.54) is 49.7 Å². The van der Waals surface area contributed by atoms with Gasteiger partial charge in [0.05, 0.1) is 12.1 Å². The van der Waals surface area contributed by atoms with E-state index in [9.17, 15) is 0 Å². The molecule has 2 saturated heterocycles. The molecule has 2 aromatic rings. The molecular formula is C19H24N2O. The minimum absolute atomic E-state index is 0.683. The van der Waals surface area contributed by atoms with Crippen molar-refractivity contribution in [3.8, 4) is 0 Å². The molecule has 2 aliphatic rings. The summed E-state index contributed by atoms with van der Waals surface area (Å²) >= 11 is 0. The van der Waals surface area contributed by atoms with Crippen molar-refractivity contribution in [3.63, 3.8) is 0 Å². The number of hydrogen-bond acceptors (Lipinski definition) is 3. The van der Waals surface area contributed by atoms with Crippen LogP contribution in [-0.2, 0) is 11.2 Å². The molecule has 2 fully saturated rings. The summed E-state index contributed by atoms with van der Waals surface area (Å²) in [6, 6.07) is 11.4. The maximum atomic E-state index is 5.53. The van der Waals surface area contributed by atoms with Gasteiger partial charge in [0.15, 0.2) is 0 Å². The third-order valence-corrected chi connectivity index (χ3v) is 5.32. The molecule has 116 valence electrons. The fourth-order valence-electron chi connectivity index (χ4n) is 3.98. The summed E-state index contributed by atoms with van der Waals surface area (Å²) in [5.41, 5.74) is 2.59. The second-order valence-electron chi connectivity index (χ2n) is 6.69. The van der Waals surface area contributed by atoms with Crippen LogP contribution in [0.3, 0.4) is 0 Å². The molecule has 0 spiro atoms. The van der Waals surface area contributed by atoms with E-state index in [0.717, 1.165) is 24.6 Å². The van der Waals surface area contributed by atoms with Crippen LogP contribution in [0.4, 0.5) is 0 Å². The van der Waals surface area contributed by atoms with Crippen molar-refractivity contribution in [2.75, 3.05) is 26.3 Å². The standard InChI is InChI=1S/C19H24N2O/c1-2-4-19-18(3-1)16(5-9-20-19)13-15-6-10-21(11-7-15)17-8-12-22-14-17/h1-5,9,15,17H,6-8,10-14H2. The zero-order chi connectivity index (χ0) is 14.8. The first-order valence-electron chi connectivity index (χ1n) is 8.54. The Labute approximate surface area is 132 Å². The van der Waals surface area contributed by atoms with E-state index in [1.807, 2.05) is 6.20 Å². The molecule has 22 heavy (non-hydrogen) atoms. The van der Waals surface area contributed by atoms with Crippen molar-refractivity contribution in [2.45, 2.75) is 31.7 Å². The number of fused-ring (bicyclic) bond motifs is 1. The number of benzene rings is 1. The monoisotopic (exact) mass is 296 g/mol. The summed E-state index contributed by atoms with van der Waals surface area (Å²) in [4.78, 5) is 7.12. The zero-order valence-corrected chi connectivity index (χ0v) is 13.1. The van der Waals surface area contributed by atoms with Gasteiger partial charge in [-0.1, -0.05) is 18.2 Å². The second kappa shape index (κ2) is 6.35. The van der Waals surface area contributed by atoms with Crippen molar-refractivity contribution >= 4 is 10.9 Å². The van der Waals surface area contributed by atoms with E-state index in [4.69, 9.17) is 4.74 Å². The van der Waals surface area contributed by atoms with Gasteiger partial charge in [-0.25, -0.2) is 0 Å². The Hall–Kier alpha value is -1.45. The lowest BCUT2D eigenvalue weighted by Gasteiger charge is -2.35. The second-order valence-corrected chi connectivity index (χ2v) is 6.69. The first-order chi connectivity index (χ1) is 10.9. The minimum Gasteiger partial charge on any atom is -0.380 e. The highest BCUT2D eigenvalue weighted by molar-refractivity contribution is 5.81. The van der Waals surface area contributed by atoms with E-state index in [0.29, 0.717) is 6.04 Å². The lowest BCUT2D eigenvalue weighted by atomic mass is 9.88. The molecule has 1 unspecified atom stereocenters. The molecule has 0 bridgehead atoms. The van der Waals surface area contributed by atoms with Gasteiger partial charge in [0.2, 0.25) is 0 Å². The molecule has 4 rings (SSSR count). The van der Waals surface area contributed by atoms with Crippen molar-refractivity contribution in [1.29, 1.82) is 0 Å². The van der Waals surface area contributed by atoms with Gasteiger partial charge in [-0.05, 0) is 62.4 Å². The topological polar surface area (TPSA) is 25.4 Å². The molecule has 1 aromatic heterocycles. The minimum atomic E-state index is 0.683. The predicted octanol–water partition coefficient (Wildman–Crippen LogP) is 3.28. The van der Waals surface area contributed by atoms with Gasteiger partial charge < -0.3 is 4.74 Å². The summed E-state index contributed by atoms with van der Waals surface area (Å²) in [5, 5.41) is 1.33. The smallest absolute Gasteiger partial charge is 0.0704 e. The van der Waals surface area contributed by atoms with E-state index in [1.54, 1.807) is 0 Å². The van der Waals surface area contributed by atoms with Crippen LogP contribution in [0.5, 0.6) is 0 Å². The first-order valence-corrected chi connectivity index (χ1v) is 8.54. The number of para-hydroxylation sites is 1. The number of hydrogen-bond donors (Lipinski definition) is 0. The van der Waals surface area contributed by atoms with Gasteiger partial charge in [-0.2, -0.15) is 0 Å². The summed E-state index contributed by atoms with van der Waals surface area (Å²) in [7, 11) is 0. The normalized spacial score (nSPS) is 24.1. The zero-order valence-electron chi connectivity index (χ0n) is 13.1. The lowest BCUT2D eigenvalue weighted by Crippen LogP contribution is -2.42. The highest BCUT2D eigenvalue weighted by Crippen LogP contribution is 2.27. The molecule has 0 N–H and O–H groups in total. The van der Waals surface area contributed by atoms with Crippen LogP contribution in [0.2, 0.25) is 0 Å². The summed E-state index contributed by atoms with van der Waals surface area (Å²) in [6.45, 7) is 4.37. The van der Waals surface area contributed by atoms with E-state index < -0.39 is 0 Å². The van der Waals surface area contributed by atoms with Crippen LogP contribution in [0, 0.1) is 5.92 Å². The molecular weight excluding hydrogens is 272 g/mol. The predicted molar refractivity (Wildman–Crippen MR) is 89.0 cm³/mol. The van der Waals surface area contributed by atoms with Gasteiger partial charge in [0, 0.05) is 24.2 Å². The third-order valence-electron chi connectivity index (χ3n) is 5.32. The molecule has 0 aliphatic carbocycles. The highest BCUT2D eigenvalue weighted by atomic mass is 16.5. The third kappa shape index (κ3) is 2.88. The van der Waals surface area contributed by atoms with E-state index in [2.05, 4.69) is 40.2 Å². The number of likely N-dealkylation sites (tertiary alicyclic amines) is 1. The fraction of sp³-hybridized carbons (Fsp3) is 0.526. The number of nitrogens with zero attached hydrogens (tertiary/aromatic N) is 2. The maximum Gasteiger partial charge on any atom is 0.0704 e. The SMILES string of the molecule is c1ccc2c(CC3CCN(C4CCOC4)CC3)ccnc2c1. The molecule has 0 radical (unpaired) electrons. The van der Waals surface area contributed by atoms with Crippen LogP contribution < -0.4 is 0 Å². The van der Waals surface area contributed by atoms with Gasteiger partial charge in [0.1, 0.15) is 0 Å². The largest absolute Gasteiger partial charge is 0.380 e. The number of pyridine rings is 1. The quantitative estimate of drug-likeness (QED) is 0.869. The number of piperidine rings is 1. The number of ether oxygens (including phenoxy) is 1. The average molecular weight is 296 g/mol. The molecule has 2 aliphatic heterocycles. The lowest BCUT2D eigenvalue weighted by molar-refractivity contribution is 0.110. The van der Waals surface area contributed by atoms with Crippen molar-refractivity contribution in [1.82, 2.24) is 9.88 Å². The molecule has 1 atom stereocenters. The van der Waals surface area contributed by atoms with Crippen LogP contribution in [-0.4, -0.2) is 42.2 Å². The molecule has 3 heterocycles. The van der Waals surface area contributed by atoms with E-state index in [-0.39, 0.29) is 0 Å². The van der Waals surface area contributed by atoms with Gasteiger partial charge >= 0.3 is 0 Å². The van der Waals surface area contributed by atoms with Crippen LogP contribution in [0.15, 0.2) is 36.5 Å². The van der Waals surface area contributed by atoms with Crippen LogP contribution in [0.25, 0.3) is 10.9 Å². The molecule has 3 nitrogen and oxygen atoms in total. The molecule has 0 amide bonds. The summed E-state index contributed by atoms with van der Waals surface area (Å²) in [5.74, 6) is 0.810. The Morgan fingerprint density at radius 1 is 1.09 bits per heavy atom. The average Bonchev–Trinajstić information content (AvgIpc) is 3.10. The first kappa shape index (κ1) is 14.2. The molecule has 0 saturated carbocycles. The molecule has 3 heteroatoms. The van der Waals surface area contributed by atoms with Crippen molar-refractivity contribution < 1.29 is 4.74 Å². The van der Waals surface area contributed by atoms with Gasteiger partial charge in [-0.15, -0.1) is 0 Å². The highest BCUT2D eigenvalue weighted by Gasteiger charge is 2.27. The summed E-state index contributed by atoms with van der Waals surface area (Å²) < 4.78 is 5.53. The Balaban J connectivity index is 1.41. The Morgan fingerprint density at radius 3 is 2.77 bits per heavy atom. The Bertz CT molecular complexity index is 623. The van der Waals surface area contributed by atoms with Crippen molar-refractivity contribution in [2.24, 2.45) is 5.92 Å². The number of aromatic nitrogens is 1.